The topological polar surface area (TPSA) is 26.3 Å². The number of hydrogen-bond acceptors (Lipinski definition) is 2. The van der Waals surface area contributed by atoms with Crippen LogP contribution in [0.15, 0.2) is 24.3 Å². The number of aryl methyl sites for hydroxylation is 1. The van der Waals surface area contributed by atoms with Crippen molar-refractivity contribution in [3.05, 3.63) is 29.8 Å². The van der Waals surface area contributed by atoms with Crippen LogP contribution in [0.2, 0.25) is 0 Å². The largest absolute Gasteiger partial charge is 0.497 e. The van der Waals surface area contributed by atoms with Crippen LogP contribution in [0, 0.1) is 5.41 Å². The van der Waals surface area contributed by atoms with E-state index in [0.29, 0.717) is 0 Å². The van der Waals surface area contributed by atoms with Crippen molar-refractivity contribution in [2.45, 2.75) is 44.9 Å². The minimum absolute atomic E-state index is 0.0542. The second kappa shape index (κ2) is 6.03. The smallest absolute Gasteiger partial charge is 0.126 e. The molecule has 1 saturated carbocycles. The molecular formula is C16H22O2. The second-order valence-electron chi connectivity index (χ2n) is 5.39. The van der Waals surface area contributed by atoms with Crippen LogP contribution in [0.1, 0.15) is 44.1 Å². The lowest BCUT2D eigenvalue weighted by atomic mass is 9.72. The number of methoxy groups -OCH3 is 1. The van der Waals surface area contributed by atoms with E-state index in [1.807, 2.05) is 12.1 Å². The third-order valence-electron chi connectivity index (χ3n) is 4.15. The summed E-state index contributed by atoms with van der Waals surface area (Å²) in [7, 11) is 1.69. The summed E-state index contributed by atoms with van der Waals surface area (Å²) in [6, 6.07) is 8.16. The van der Waals surface area contributed by atoms with Crippen LogP contribution >= 0.6 is 0 Å². The quantitative estimate of drug-likeness (QED) is 0.739. The van der Waals surface area contributed by atoms with Gasteiger partial charge in [-0.15, -0.1) is 0 Å². The van der Waals surface area contributed by atoms with Gasteiger partial charge in [-0.1, -0.05) is 31.4 Å². The van der Waals surface area contributed by atoms with Crippen LogP contribution in [0.25, 0.3) is 0 Å². The minimum Gasteiger partial charge on any atom is -0.497 e. The molecule has 18 heavy (non-hydrogen) atoms. The number of rotatable bonds is 5. The van der Waals surface area contributed by atoms with Crippen molar-refractivity contribution in [1.82, 2.24) is 0 Å². The third-order valence-corrected chi connectivity index (χ3v) is 4.15. The first-order valence-electron chi connectivity index (χ1n) is 6.87. The van der Waals surface area contributed by atoms with E-state index in [1.54, 1.807) is 7.11 Å². The van der Waals surface area contributed by atoms with Crippen molar-refractivity contribution >= 4 is 6.29 Å². The van der Waals surface area contributed by atoms with Crippen molar-refractivity contribution in [3.8, 4) is 5.75 Å². The molecule has 0 amide bonds. The fourth-order valence-corrected chi connectivity index (χ4v) is 2.90. The highest BCUT2D eigenvalue weighted by Gasteiger charge is 2.31. The molecule has 1 aliphatic carbocycles. The van der Waals surface area contributed by atoms with Gasteiger partial charge in [-0.05, 0) is 43.4 Å². The predicted octanol–water partition coefficient (Wildman–Crippen LogP) is 3.78. The van der Waals surface area contributed by atoms with Gasteiger partial charge in [-0.3, -0.25) is 0 Å². The number of benzene rings is 1. The molecule has 0 aromatic heterocycles. The first-order chi connectivity index (χ1) is 8.78. The SMILES string of the molecule is COc1cccc(CCC2(C=O)CCCCC2)c1. The highest BCUT2D eigenvalue weighted by molar-refractivity contribution is 5.59. The predicted molar refractivity (Wildman–Crippen MR) is 72.9 cm³/mol. The Morgan fingerprint density at radius 2 is 2.06 bits per heavy atom. The number of carbonyl (C=O) groups is 1. The lowest BCUT2D eigenvalue weighted by Crippen LogP contribution is -2.26. The average molecular weight is 246 g/mol. The molecule has 0 radical (unpaired) electrons. The minimum atomic E-state index is -0.0542. The van der Waals surface area contributed by atoms with E-state index in [4.69, 9.17) is 4.74 Å². The molecule has 0 bridgehead atoms. The summed E-state index contributed by atoms with van der Waals surface area (Å²) in [6.07, 6.45) is 9.00. The summed E-state index contributed by atoms with van der Waals surface area (Å²) in [5, 5.41) is 0. The van der Waals surface area contributed by atoms with E-state index in [0.717, 1.165) is 31.4 Å². The van der Waals surface area contributed by atoms with Crippen molar-refractivity contribution in [2.24, 2.45) is 5.41 Å². The number of hydrogen-bond donors (Lipinski definition) is 0. The molecule has 0 heterocycles. The first-order valence-corrected chi connectivity index (χ1v) is 6.87. The fourth-order valence-electron chi connectivity index (χ4n) is 2.90. The fraction of sp³-hybridized carbons (Fsp3) is 0.562. The van der Waals surface area contributed by atoms with E-state index < -0.39 is 0 Å². The molecule has 2 nitrogen and oxygen atoms in total. The Morgan fingerprint density at radius 1 is 1.28 bits per heavy atom. The zero-order chi connectivity index (χ0) is 12.8. The van der Waals surface area contributed by atoms with Gasteiger partial charge >= 0.3 is 0 Å². The molecule has 1 fully saturated rings. The molecule has 0 spiro atoms. The van der Waals surface area contributed by atoms with Crippen molar-refractivity contribution in [1.29, 1.82) is 0 Å². The Balaban J connectivity index is 1.98. The first kappa shape index (κ1) is 13.1. The molecular weight excluding hydrogens is 224 g/mol. The van der Waals surface area contributed by atoms with Crippen molar-refractivity contribution in [3.63, 3.8) is 0 Å². The molecule has 1 aromatic rings. The van der Waals surface area contributed by atoms with E-state index >= 15 is 0 Å². The second-order valence-corrected chi connectivity index (χ2v) is 5.39. The van der Waals surface area contributed by atoms with Crippen LogP contribution in [0.3, 0.4) is 0 Å². The summed E-state index contributed by atoms with van der Waals surface area (Å²) in [6.45, 7) is 0. The Kier molecular flexibility index (Phi) is 4.40. The number of ether oxygens (including phenoxy) is 1. The normalized spacial score (nSPS) is 18.3. The molecule has 1 aliphatic rings. The molecule has 0 unspecified atom stereocenters. The van der Waals surface area contributed by atoms with Crippen LogP contribution in [-0.2, 0) is 11.2 Å². The Labute approximate surface area is 109 Å². The van der Waals surface area contributed by atoms with Gasteiger partial charge < -0.3 is 9.53 Å². The Morgan fingerprint density at radius 3 is 2.72 bits per heavy atom. The third kappa shape index (κ3) is 3.12. The van der Waals surface area contributed by atoms with E-state index in [2.05, 4.69) is 12.1 Å². The summed E-state index contributed by atoms with van der Waals surface area (Å²) >= 11 is 0. The average Bonchev–Trinajstić information content (AvgIpc) is 2.46. The molecule has 2 rings (SSSR count). The maximum atomic E-state index is 11.4. The van der Waals surface area contributed by atoms with Gasteiger partial charge in [0, 0.05) is 5.41 Å². The summed E-state index contributed by atoms with van der Waals surface area (Å²) in [4.78, 5) is 11.4. The lowest BCUT2D eigenvalue weighted by molar-refractivity contribution is -0.118. The zero-order valence-corrected chi connectivity index (χ0v) is 11.2. The van der Waals surface area contributed by atoms with Crippen molar-refractivity contribution < 1.29 is 9.53 Å². The van der Waals surface area contributed by atoms with E-state index in [9.17, 15) is 4.79 Å². The summed E-state index contributed by atoms with van der Waals surface area (Å²) < 4.78 is 5.23. The molecule has 0 aliphatic heterocycles. The molecule has 0 saturated heterocycles. The molecule has 0 N–H and O–H groups in total. The molecule has 0 atom stereocenters. The Hall–Kier alpha value is -1.31. The molecule has 1 aromatic carbocycles. The highest BCUT2D eigenvalue weighted by atomic mass is 16.5. The number of carbonyl (C=O) groups excluding carboxylic acids is 1. The zero-order valence-electron chi connectivity index (χ0n) is 11.2. The van der Waals surface area contributed by atoms with Crippen LogP contribution in [0.5, 0.6) is 5.75 Å². The maximum Gasteiger partial charge on any atom is 0.126 e. The molecule has 2 heteroatoms. The van der Waals surface area contributed by atoms with Gasteiger partial charge in [0.2, 0.25) is 0 Å². The summed E-state index contributed by atoms with van der Waals surface area (Å²) in [5.74, 6) is 0.899. The van der Waals surface area contributed by atoms with E-state index in [1.165, 1.54) is 31.1 Å². The maximum absolute atomic E-state index is 11.4. The van der Waals surface area contributed by atoms with Crippen LogP contribution in [-0.4, -0.2) is 13.4 Å². The Bertz CT molecular complexity index is 392. The van der Waals surface area contributed by atoms with Crippen LogP contribution in [0.4, 0.5) is 0 Å². The monoisotopic (exact) mass is 246 g/mol. The standard InChI is InChI=1S/C16H22O2/c1-18-15-7-5-6-14(12-15)8-11-16(13-17)9-3-2-4-10-16/h5-7,12-13H,2-4,8-11H2,1H3. The van der Waals surface area contributed by atoms with Crippen LogP contribution < -0.4 is 4.74 Å². The van der Waals surface area contributed by atoms with Gasteiger partial charge in [0.15, 0.2) is 0 Å². The van der Waals surface area contributed by atoms with Gasteiger partial charge in [0.05, 0.1) is 7.11 Å². The lowest BCUT2D eigenvalue weighted by Gasteiger charge is -2.32. The summed E-state index contributed by atoms with van der Waals surface area (Å²) in [5.41, 5.74) is 1.21. The number of aldehydes is 1. The van der Waals surface area contributed by atoms with Gasteiger partial charge in [-0.25, -0.2) is 0 Å². The van der Waals surface area contributed by atoms with Gasteiger partial charge in [0.1, 0.15) is 12.0 Å². The van der Waals surface area contributed by atoms with E-state index in [-0.39, 0.29) is 5.41 Å². The van der Waals surface area contributed by atoms with Gasteiger partial charge in [-0.2, -0.15) is 0 Å². The van der Waals surface area contributed by atoms with Gasteiger partial charge in [0.25, 0.3) is 0 Å². The van der Waals surface area contributed by atoms with Crippen molar-refractivity contribution in [2.75, 3.05) is 7.11 Å². The highest BCUT2D eigenvalue weighted by Crippen LogP contribution is 2.38. The molecule has 98 valence electrons.